The van der Waals surface area contributed by atoms with Gasteiger partial charge in [0.2, 0.25) is 5.95 Å². The second kappa shape index (κ2) is 7.64. The topological polar surface area (TPSA) is 75.6 Å². The van der Waals surface area contributed by atoms with Crippen LogP contribution >= 0.6 is 0 Å². The van der Waals surface area contributed by atoms with Crippen molar-refractivity contribution >= 4 is 28.6 Å². The van der Waals surface area contributed by atoms with Crippen molar-refractivity contribution in [2.24, 2.45) is 0 Å². The van der Waals surface area contributed by atoms with E-state index in [-0.39, 0.29) is 0 Å². The molecular formula is C20H24N6. The van der Waals surface area contributed by atoms with Crippen LogP contribution in [-0.4, -0.2) is 26.0 Å². The summed E-state index contributed by atoms with van der Waals surface area (Å²) in [6, 6.07) is 8.65. The molecule has 1 fully saturated rings. The molecule has 2 heterocycles. The van der Waals surface area contributed by atoms with E-state index in [4.69, 9.17) is 4.98 Å². The molecule has 1 aliphatic carbocycles. The van der Waals surface area contributed by atoms with Gasteiger partial charge >= 0.3 is 0 Å². The lowest BCUT2D eigenvalue weighted by Crippen LogP contribution is -2.20. The smallest absolute Gasteiger partial charge is 0.227 e. The van der Waals surface area contributed by atoms with Crippen molar-refractivity contribution in [3.63, 3.8) is 0 Å². The predicted molar refractivity (Wildman–Crippen MR) is 105 cm³/mol. The number of nitrogens with one attached hydrogen (secondary N) is 2. The summed E-state index contributed by atoms with van der Waals surface area (Å²) in [6.45, 7) is 2.07. The van der Waals surface area contributed by atoms with E-state index in [1.807, 2.05) is 12.1 Å². The highest BCUT2D eigenvalue weighted by Crippen LogP contribution is 2.25. The fourth-order valence-electron chi connectivity index (χ4n) is 3.40. The van der Waals surface area contributed by atoms with Gasteiger partial charge in [-0.3, -0.25) is 0 Å². The maximum Gasteiger partial charge on any atom is 0.227 e. The summed E-state index contributed by atoms with van der Waals surface area (Å²) in [5.41, 5.74) is 3.48. The molecule has 0 aliphatic heterocycles. The third-order valence-electron chi connectivity index (χ3n) is 4.84. The Morgan fingerprint density at radius 1 is 0.885 bits per heavy atom. The van der Waals surface area contributed by atoms with Crippen LogP contribution in [0.2, 0.25) is 0 Å². The first-order valence-electron chi connectivity index (χ1n) is 9.37. The Morgan fingerprint density at radius 2 is 1.62 bits per heavy atom. The molecule has 2 N–H and O–H groups in total. The molecule has 0 bridgehead atoms. The largest absolute Gasteiger partial charge is 0.351 e. The molecule has 0 amide bonds. The first-order valence-corrected chi connectivity index (χ1v) is 9.37. The lowest BCUT2D eigenvalue weighted by molar-refractivity contribution is 0.615. The molecule has 3 aromatic rings. The Hall–Kier alpha value is -2.76. The lowest BCUT2D eigenvalue weighted by Gasteiger charge is -2.17. The van der Waals surface area contributed by atoms with Crippen LogP contribution in [-0.2, 0) is 0 Å². The molecule has 134 valence electrons. The highest BCUT2D eigenvalue weighted by atomic mass is 15.2. The molecule has 1 saturated carbocycles. The maximum atomic E-state index is 4.71. The van der Waals surface area contributed by atoms with E-state index in [0.29, 0.717) is 29.0 Å². The van der Waals surface area contributed by atoms with Crippen LogP contribution < -0.4 is 10.6 Å². The Labute approximate surface area is 153 Å². The number of anilines is 3. The van der Waals surface area contributed by atoms with Crippen LogP contribution in [0.25, 0.3) is 11.2 Å². The highest BCUT2D eigenvalue weighted by molar-refractivity contribution is 5.85. The van der Waals surface area contributed by atoms with Crippen LogP contribution in [0.3, 0.4) is 0 Å². The van der Waals surface area contributed by atoms with Crippen LogP contribution in [0.15, 0.2) is 36.7 Å². The van der Waals surface area contributed by atoms with Gasteiger partial charge in [0.05, 0.1) is 0 Å². The van der Waals surface area contributed by atoms with Gasteiger partial charge in [0.25, 0.3) is 0 Å². The lowest BCUT2D eigenvalue weighted by atomic mass is 10.1. The zero-order chi connectivity index (χ0) is 17.8. The third-order valence-corrected chi connectivity index (χ3v) is 4.84. The van der Waals surface area contributed by atoms with Gasteiger partial charge in [-0.1, -0.05) is 43.4 Å². The molecule has 6 heteroatoms. The number of aryl methyl sites for hydroxylation is 1. The number of hydrogen-bond donors (Lipinski definition) is 2. The van der Waals surface area contributed by atoms with Crippen molar-refractivity contribution in [1.82, 2.24) is 19.9 Å². The first kappa shape index (κ1) is 16.7. The maximum absolute atomic E-state index is 4.71. The van der Waals surface area contributed by atoms with E-state index in [0.717, 1.165) is 5.69 Å². The summed E-state index contributed by atoms with van der Waals surface area (Å²) in [5, 5.41) is 6.89. The van der Waals surface area contributed by atoms with Crippen molar-refractivity contribution in [3.05, 3.63) is 42.2 Å². The van der Waals surface area contributed by atoms with E-state index in [9.17, 15) is 0 Å². The third kappa shape index (κ3) is 3.90. The zero-order valence-electron chi connectivity index (χ0n) is 15.1. The normalized spacial score (nSPS) is 15.6. The second-order valence-electron chi connectivity index (χ2n) is 6.95. The highest BCUT2D eigenvalue weighted by Gasteiger charge is 2.16. The molecule has 6 nitrogen and oxygen atoms in total. The minimum absolute atomic E-state index is 0.429. The monoisotopic (exact) mass is 348 g/mol. The van der Waals surface area contributed by atoms with E-state index in [1.54, 1.807) is 12.4 Å². The number of fused-ring (bicyclic) bond motifs is 1. The summed E-state index contributed by atoms with van der Waals surface area (Å²) in [7, 11) is 0. The summed E-state index contributed by atoms with van der Waals surface area (Å²) in [5.74, 6) is 1.31. The molecule has 26 heavy (non-hydrogen) atoms. The van der Waals surface area contributed by atoms with Gasteiger partial charge in [-0.15, -0.1) is 0 Å². The van der Waals surface area contributed by atoms with E-state index in [1.165, 1.54) is 44.1 Å². The Morgan fingerprint density at radius 3 is 2.38 bits per heavy atom. The molecule has 0 spiro atoms. The standard InChI is InChI=1S/C20H24N6/c1-14-8-10-16(11-9-14)23-19-17-18(22-13-12-21-17)25-20(26-19)24-15-6-4-2-3-5-7-15/h8-13,15H,2-7H2,1H3,(H2,22,23,24,25,26). The second-order valence-corrected chi connectivity index (χ2v) is 6.95. The van der Waals surface area contributed by atoms with E-state index < -0.39 is 0 Å². The number of hydrogen-bond acceptors (Lipinski definition) is 6. The van der Waals surface area contributed by atoms with Gasteiger partial charge in [0, 0.05) is 24.1 Å². The van der Waals surface area contributed by atoms with Gasteiger partial charge in [0.1, 0.15) is 0 Å². The fraction of sp³-hybridized carbons (Fsp3) is 0.400. The SMILES string of the molecule is Cc1ccc(Nc2nc(NC3CCCCCC3)nc3nccnc23)cc1. The minimum Gasteiger partial charge on any atom is -0.351 e. The van der Waals surface area contributed by atoms with Crippen LogP contribution in [0.1, 0.15) is 44.1 Å². The Bertz CT molecular complexity index is 869. The summed E-state index contributed by atoms with van der Waals surface area (Å²) < 4.78 is 0. The van der Waals surface area contributed by atoms with Gasteiger partial charge in [-0.2, -0.15) is 9.97 Å². The molecule has 0 radical (unpaired) electrons. The van der Waals surface area contributed by atoms with Gasteiger partial charge in [-0.25, -0.2) is 9.97 Å². The quantitative estimate of drug-likeness (QED) is 0.671. The van der Waals surface area contributed by atoms with Crippen molar-refractivity contribution in [2.75, 3.05) is 10.6 Å². The van der Waals surface area contributed by atoms with Crippen LogP contribution in [0.4, 0.5) is 17.5 Å². The number of rotatable bonds is 4. The molecule has 0 saturated heterocycles. The fourth-order valence-corrected chi connectivity index (χ4v) is 3.40. The number of aromatic nitrogens is 4. The number of benzene rings is 1. The van der Waals surface area contributed by atoms with E-state index >= 15 is 0 Å². The summed E-state index contributed by atoms with van der Waals surface area (Å²) >= 11 is 0. The number of nitrogens with zero attached hydrogens (tertiary/aromatic N) is 4. The van der Waals surface area contributed by atoms with Crippen molar-refractivity contribution in [2.45, 2.75) is 51.5 Å². The van der Waals surface area contributed by atoms with Gasteiger partial charge in [0.15, 0.2) is 17.0 Å². The molecule has 4 rings (SSSR count). The average Bonchev–Trinajstić information content (AvgIpc) is 2.92. The Balaban J connectivity index is 1.65. The molecular weight excluding hydrogens is 324 g/mol. The Kier molecular flexibility index (Phi) is 4.91. The molecule has 1 aromatic carbocycles. The zero-order valence-corrected chi connectivity index (χ0v) is 15.1. The van der Waals surface area contributed by atoms with Crippen molar-refractivity contribution in [1.29, 1.82) is 0 Å². The molecule has 2 aromatic heterocycles. The van der Waals surface area contributed by atoms with Gasteiger partial charge < -0.3 is 10.6 Å². The summed E-state index contributed by atoms with van der Waals surface area (Å²) in [4.78, 5) is 18.1. The van der Waals surface area contributed by atoms with Crippen LogP contribution in [0.5, 0.6) is 0 Å². The molecule has 0 unspecified atom stereocenters. The minimum atomic E-state index is 0.429. The predicted octanol–water partition coefficient (Wildman–Crippen LogP) is 4.61. The summed E-state index contributed by atoms with van der Waals surface area (Å²) in [6.07, 6.45) is 10.8. The molecule has 1 aliphatic rings. The van der Waals surface area contributed by atoms with Crippen LogP contribution in [0, 0.1) is 6.92 Å². The van der Waals surface area contributed by atoms with Gasteiger partial charge in [-0.05, 0) is 31.9 Å². The first-order chi connectivity index (χ1) is 12.8. The van der Waals surface area contributed by atoms with E-state index in [2.05, 4.69) is 44.6 Å². The average molecular weight is 348 g/mol. The van der Waals surface area contributed by atoms with Crippen molar-refractivity contribution in [3.8, 4) is 0 Å². The molecule has 0 atom stereocenters. The van der Waals surface area contributed by atoms with Crippen molar-refractivity contribution < 1.29 is 0 Å².